The van der Waals surface area contributed by atoms with Crippen LogP contribution in [0.25, 0.3) is 0 Å². The Bertz CT molecular complexity index is 597. The summed E-state index contributed by atoms with van der Waals surface area (Å²) in [6.07, 6.45) is 3.12. The van der Waals surface area contributed by atoms with Gasteiger partial charge in [0.15, 0.2) is 0 Å². The third-order valence-corrected chi connectivity index (χ3v) is 5.78. The molecule has 1 saturated carbocycles. The second kappa shape index (κ2) is 7.66. The third-order valence-electron chi connectivity index (χ3n) is 5.25. The molecule has 24 heavy (non-hydrogen) atoms. The van der Waals surface area contributed by atoms with Crippen LogP contribution in [0.15, 0.2) is 28.7 Å². The lowest BCUT2D eigenvalue weighted by molar-refractivity contribution is -0.138. The van der Waals surface area contributed by atoms with Gasteiger partial charge in [0, 0.05) is 42.1 Å². The Balaban J connectivity index is 1.56. The number of nitrogens with two attached hydrogens (primary N) is 1. The molecule has 2 fully saturated rings. The maximum atomic E-state index is 12.7. The van der Waals surface area contributed by atoms with Crippen molar-refractivity contribution in [3.05, 3.63) is 34.3 Å². The molecule has 6 heteroatoms. The number of benzene rings is 1. The number of hydrogen-bond acceptors (Lipinski definition) is 3. The molecule has 1 saturated heterocycles. The van der Waals surface area contributed by atoms with Crippen molar-refractivity contribution < 1.29 is 9.59 Å². The van der Waals surface area contributed by atoms with Crippen molar-refractivity contribution in [3.63, 3.8) is 0 Å². The molecule has 1 aromatic carbocycles. The molecule has 1 aromatic rings. The fourth-order valence-electron chi connectivity index (χ4n) is 3.78. The number of halogens is 1. The zero-order valence-corrected chi connectivity index (χ0v) is 15.4. The summed E-state index contributed by atoms with van der Waals surface area (Å²) in [6.45, 7) is 3.03. The highest BCUT2D eigenvalue weighted by Gasteiger charge is 2.36. The van der Waals surface area contributed by atoms with Gasteiger partial charge >= 0.3 is 0 Å². The quantitative estimate of drug-likeness (QED) is 0.854. The van der Waals surface area contributed by atoms with Crippen LogP contribution in [-0.2, 0) is 4.79 Å². The molecule has 0 spiro atoms. The van der Waals surface area contributed by atoms with E-state index >= 15 is 0 Å². The van der Waals surface area contributed by atoms with Crippen molar-refractivity contribution in [1.29, 1.82) is 0 Å². The van der Waals surface area contributed by atoms with E-state index in [1.54, 1.807) is 0 Å². The van der Waals surface area contributed by atoms with Crippen molar-refractivity contribution in [1.82, 2.24) is 9.80 Å². The van der Waals surface area contributed by atoms with Crippen molar-refractivity contribution in [3.8, 4) is 0 Å². The molecule has 1 aliphatic heterocycles. The zero-order chi connectivity index (χ0) is 17.1. The monoisotopic (exact) mass is 393 g/mol. The van der Waals surface area contributed by atoms with Crippen LogP contribution in [0, 0.1) is 11.8 Å². The standard InChI is InChI=1S/C18H24BrN3O2/c19-15-6-4-13(5-7-15)17(23)21-8-10-22(11-9-21)18(24)16-3-1-2-14(16)12-20/h4-7,14,16H,1-3,8-12,20H2/t14-,16-/m1/s1. The predicted octanol–water partition coefficient (Wildman–Crippen LogP) is 2.11. The van der Waals surface area contributed by atoms with Gasteiger partial charge in [-0.1, -0.05) is 22.4 Å². The number of hydrogen-bond donors (Lipinski definition) is 1. The number of carbonyl (C=O) groups excluding carboxylic acids is 2. The molecule has 3 rings (SSSR count). The van der Waals surface area contributed by atoms with Crippen molar-refractivity contribution in [2.45, 2.75) is 19.3 Å². The summed E-state index contributed by atoms with van der Waals surface area (Å²) in [5.74, 6) is 0.692. The Kier molecular flexibility index (Phi) is 5.56. The van der Waals surface area contributed by atoms with Crippen LogP contribution in [0.5, 0.6) is 0 Å². The van der Waals surface area contributed by atoms with Gasteiger partial charge in [-0.3, -0.25) is 9.59 Å². The van der Waals surface area contributed by atoms with E-state index in [1.807, 2.05) is 34.1 Å². The number of nitrogens with zero attached hydrogens (tertiary/aromatic N) is 2. The Labute approximate surface area is 151 Å². The minimum Gasteiger partial charge on any atom is -0.339 e. The molecule has 2 aliphatic rings. The van der Waals surface area contributed by atoms with Gasteiger partial charge < -0.3 is 15.5 Å². The summed E-state index contributed by atoms with van der Waals surface area (Å²) in [7, 11) is 0. The topological polar surface area (TPSA) is 66.6 Å². The summed E-state index contributed by atoms with van der Waals surface area (Å²) >= 11 is 3.38. The maximum absolute atomic E-state index is 12.7. The largest absolute Gasteiger partial charge is 0.339 e. The molecule has 5 nitrogen and oxygen atoms in total. The lowest BCUT2D eigenvalue weighted by Gasteiger charge is -2.36. The van der Waals surface area contributed by atoms with E-state index in [9.17, 15) is 9.59 Å². The first kappa shape index (κ1) is 17.4. The third kappa shape index (κ3) is 3.64. The van der Waals surface area contributed by atoms with E-state index in [2.05, 4.69) is 15.9 Å². The molecule has 0 bridgehead atoms. The van der Waals surface area contributed by atoms with Crippen LogP contribution in [0.1, 0.15) is 29.6 Å². The van der Waals surface area contributed by atoms with Gasteiger partial charge in [0.2, 0.25) is 5.91 Å². The second-order valence-corrected chi connectivity index (χ2v) is 7.57. The van der Waals surface area contributed by atoms with E-state index in [-0.39, 0.29) is 17.7 Å². The van der Waals surface area contributed by atoms with E-state index in [1.165, 1.54) is 0 Å². The van der Waals surface area contributed by atoms with E-state index < -0.39 is 0 Å². The van der Waals surface area contributed by atoms with Crippen molar-refractivity contribution in [2.75, 3.05) is 32.7 Å². The predicted molar refractivity (Wildman–Crippen MR) is 96.5 cm³/mol. The van der Waals surface area contributed by atoms with Crippen LogP contribution in [-0.4, -0.2) is 54.3 Å². The summed E-state index contributed by atoms with van der Waals surface area (Å²) in [4.78, 5) is 29.0. The van der Waals surface area contributed by atoms with Gasteiger partial charge in [0.25, 0.3) is 5.91 Å². The first-order valence-electron chi connectivity index (χ1n) is 8.64. The van der Waals surface area contributed by atoms with Gasteiger partial charge in [-0.25, -0.2) is 0 Å². The summed E-state index contributed by atoms with van der Waals surface area (Å²) in [5.41, 5.74) is 6.49. The molecule has 0 aromatic heterocycles. The summed E-state index contributed by atoms with van der Waals surface area (Å²) in [5, 5.41) is 0. The van der Waals surface area contributed by atoms with Crippen molar-refractivity contribution in [2.24, 2.45) is 17.6 Å². The van der Waals surface area contributed by atoms with Crippen LogP contribution < -0.4 is 5.73 Å². The smallest absolute Gasteiger partial charge is 0.253 e. The molecular weight excluding hydrogens is 370 g/mol. The second-order valence-electron chi connectivity index (χ2n) is 6.66. The highest BCUT2D eigenvalue weighted by atomic mass is 79.9. The molecule has 0 radical (unpaired) electrons. The van der Waals surface area contributed by atoms with Crippen molar-refractivity contribution >= 4 is 27.7 Å². The summed E-state index contributed by atoms with van der Waals surface area (Å²) < 4.78 is 0.959. The average molecular weight is 394 g/mol. The van der Waals surface area contributed by atoms with Crippen LogP contribution in [0.4, 0.5) is 0 Å². The van der Waals surface area contributed by atoms with E-state index in [0.717, 1.165) is 23.7 Å². The molecule has 0 unspecified atom stereocenters. The Hall–Kier alpha value is -1.40. The highest BCUT2D eigenvalue weighted by molar-refractivity contribution is 9.10. The van der Waals surface area contributed by atoms with Gasteiger partial charge in [-0.15, -0.1) is 0 Å². The molecule has 2 amide bonds. The molecule has 2 atom stereocenters. The molecular formula is C18H24BrN3O2. The zero-order valence-electron chi connectivity index (χ0n) is 13.8. The molecule has 130 valence electrons. The number of amides is 2. The van der Waals surface area contributed by atoms with Gasteiger partial charge in [-0.2, -0.15) is 0 Å². The van der Waals surface area contributed by atoms with Crippen LogP contribution in [0.3, 0.4) is 0 Å². The molecule has 1 aliphatic carbocycles. The minimum absolute atomic E-state index is 0.0373. The Morgan fingerprint density at radius 3 is 2.29 bits per heavy atom. The first-order valence-corrected chi connectivity index (χ1v) is 9.43. The number of rotatable bonds is 3. The van der Waals surface area contributed by atoms with Crippen LogP contribution >= 0.6 is 15.9 Å². The highest BCUT2D eigenvalue weighted by Crippen LogP contribution is 2.32. The van der Waals surface area contributed by atoms with E-state index in [0.29, 0.717) is 44.2 Å². The Morgan fingerprint density at radius 1 is 1.04 bits per heavy atom. The first-order chi connectivity index (χ1) is 11.6. The van der Waals surface area contributed by atoms with E-state index in [4.69, 9.17) is 5.73 Å². The maximum Gasteiger partial charge on any atom is 0.253 e. The normalized spacial score (nSPS) is 24.2. The fraction of sp³-hybridized carbons (Fsp3) is 0.556. The van der Waals surface area contributed by atoms with Gasteiger partial charge in [0.05, 0.1) is 0 Å². The molecule has 1 heterocycles. The Morgan fingerprint density at radius 2 is 1.67 bits per heavy atom. The number of piperazine rings is 1. The summed E-state index contributed by atoms with van der Waals surface area (Å²) in [6, 6.07) is 7.41. The average Bonchev–Trinajstić information content (AvgIpc) is 3.10. The van der Waals surface area contributed by atoms with Gasteiger partial charge in [-0.05, 0) is 49.6 Å². The number of carbonyl (C=O) groups is 2. The van der Waals surface area contributed by atoms with Crippen LogP contribution in [0.2, 0.25) is 0 Å². The molecule has 2 N–H and O–H groups in total. The van der Waals surface area contributed by atoms with Gasteiger partial charge in [0.1, 0.15) is 0 Å². The lowest BCUT2D eigenvalue weighted by atomic mass is 9.94. The minimum atomic E-state index is 0.0373. The SMILES string of the molecule is NC[C@H]1CCC[C@H]1C(=O)N1CCN(C(=O)c2ccc(Br)cc2)CC1. The fourth-order valence-corrected chi connectivity index (χ4v) is 4.05. The lowest BCUT2D eigenvalue weighted by Crippen LogP contribution is -2.52.